The molecule has 2 heteroatoms. The van der Waals surface area contributed by atoms with Crippen LogP contribution in [0.3, 0.4) is 0 Å². The highest BCUT2D eigenvalue weighted by Crippen LogP contribution is 2.24. The quantitative estimate of drug-likeness (QED) is 0.683. The van der Waals surface area contributed by atoms with Gasteiger partial charge in [-0.05, 0) is 12.8 Å². The first-order chi connectivity index (χ1) is 8.42. The second-order valence-corrected chi connectivity index (χ2v) is 4.36. The third-order valence-corrected chi connectivity index (χ3v) is 2.98. The monoisotopic (exact) mass is 229 g/mol. The van der Waals surface area contributed by atoms with E-state index in [2.05, 4.69) is 24.2 Å². The average molecular weight is 229 g/mol. The second-order valence-electron chi connectivity index (χ2n) is 4.36. The van der Waals surface area contributed by atoms with Crippen LogP contribution in [0.15, 0.2) is 41.1 Å². The van der Waals surface area contributed by atoms with Crippen LogP contribution in [0.5, 0.6) is 0 Å². The van der Waals surface area contributed by atoms with Gasteiger partial charge in [-0.25, -0.2) is 0 Å². The third-order valence-electron chi connectivity index (χ3n) is 2.98. The van der Waals surface area contributed by atoms with Crippen LogP contribution >= 0.6 is 0 Å². The van der Waals surface area contributed by atoms with Crippen molar-refractivity contribution in [2.75, 3.05) is 0 Å². The van der Waals surface area contributed by atoms with Crippen LogP contribution in [0.1, 0.15) is 38.2 Å². The topological polar surface area (TPSA) is 26.0 Å². The van der Waals surface area contributed by atoms with Crippen LogP contribution in [0.2, 0.25) is 0 Å². The minimum atomic E-state index is 0.932. The zero-order valence-corrected chi connectivity index (χ0v) is 10.4. The largest absolute Gasteiger partial charge is 0.356 e. The van der Waals surface area contributed by atoms with Gasteiger partial charge in [-0.3, -0.25) is 0 Å². The summed E-state index contributed by atoms with van der Waals surface area (Å²) in [5.41, 5.74) is 2.35. The van der Waals surface area contributed by atoms with Crippen molar-refractivity contribution in [2.24, 2.45) is 0 Å². The molecule has 0 atom stereocenters. The molecule has 0 aliphatic carbocycles. The van der Waals surface area contributed by atoms with Crippen molar-refractivity contribution in [2.45, 2.75) is 39.0 Å². The maximum atomic E-state index is 5.36. The summed E-state index contributed by atoms with van der Waals surface area (Å²) >= 11 is 0. The molecule has 17 heavy (non-hydrogen) atoms. The molecule has 2 nitrogen and oxygen atoms in total. The molecule has 90 valence electrons. The predicted octanol–water partition coefficient (Wildman–Crippen LogP) is 4.46. The van der Waals surface area contributed by atoms with Crippen molar-refractivity contribution in [3.05, 3.63) is 42.1 Å². The molecule has 1 heterocycles. The fourth-order valence-electron chi connectivity index (χ4n) is 2.01. The van der Waals surface area contributed by atoms with Gasteiger partial charge < -0.3 is 4.52 Å². The first-order valence-electron chi connectivity index (χ1n) is 6.40. The summed E-state index contributed by atoms with van der Waals surface area (Å²) in [6, 6.07) is 10.2. The van der Waals surface area contributed by atoms with E-state index >= 15 is 0 Å². The summed E-state index contributed by atoms with van der Waals surface area (Å²) < 4.78 is 5.36. The molecule has 0 radical (unpaired) electrons. The first kappa shape index (κ1) is 11.9. The molecule has 0 aliphatic rings. The molecule has 0 saturated carbocycles. The maximum Gasteiger partial charge on any atom is 0.170 e. The second kappa shape index (κ2) is 6.24. The lowest BCUT2D eigenvalue weighted by molar-refractivity contribution is 0.431. The summed E-state index contributed by atoms with van der Waals surface area (Å²) in [4.78, 5) is 0. The van der Waals surface area contributed by atoms with Crippen molar-refractivity contribution in [3.63, 3.8) is 0 Å². The Labute approximate surface area is 103 Å². The van der Waals surface area contributed by atoms with Gasteiger partial charge in [0.1, 0.15) is 0 Å². The maximum absolute atomic E-state index is 5.36. The molecule has 0 saturated heterocycles. The zero-order chi connectivity index (χ0) is 11.9. The van der Waals surface area contributed by atoms with Gasteiger partial charge in [0.15, 0.2) is 5.76 Å². The van der Waals surface area contributed by atoms with Gasteiger partial charge in [-0.15, -0.1) is 0 Å². The van der Waals surface area contributed by atoms with Crippen molar-refractivity contribution in [1.82, 2.24) is 5.16 Å². The van der Waals surface area contributed by atoms with Crippen LogP contribution in [0.25, 0.3) is 11.3 Å². The Balaban J connectivity index is 2.02. The average Bonchev–Trinajstić information content (AvgIpc) is 2.84. The van der Waals surface area contributed by atoms with E-state index < -0.39 is 0 Å². The van der Waals surface area contributed by atoms with E-state index in [1.54, 1.807) is 0 Å². The summed E-state index contributed by atoms with van der Waals surface area (Å²) in [7, 11) is 0. The van der Waals surface area contributed by atoms with Crippen molar-refractivity contribution >= 4 is 0 Å². The molecule has 1 aromatic carbocycles. The molecule has 0 amide bonds. The number of benzene rings is 1. The van der Waals surface area contributed by atoms with E-state index in [1.807, 2.05) is 24.4 Å². The van der Waals surface area contributed by atoms with E-state index in [9.17, 15) is 0 Å². The Hall–Kier alpha value is -1.57. The molecule has 0 N–H and O–H groups in total. The van der Waals surface area contributed by atoms with Crippen molar-refractivity contribution in [3.8, 4) is 11.3 Å². The lowest BCUT2D eigenvalue weighted by Crippen LogP contribution is -1.86. The molecular formula is C15H19NO. The first-order valence-corrected chi connectivity index (χ1v) is 6.40. The van der Waals surface area contributed by atoms with E-state index in [1.165, 1.54) is 31.2 Å². The fourth-order valence-corrected chi connectivity index (χ4v) is 2.01. The van der Waals surface area contributed by atoms with E-state index in [4.69, 9.17) is 4.52 Å². The molecule has 0 unspecified atom stereocenters. The molecule has 0 bridgehead atoms. The summed E-state index contributed by atoms with van der Waals surface area (Å²) in [6.07, 6.45) is 8.01. The van der Waals surface area contributed by atoms with Crippen LogP contribution < -0.4 is 0 Å². The molecule has 1 aromatic heterocycles. The Morgan fingerprint density at radius 1 is 1.06 bits per heavy atom. The number of nitrogens with zero attached hydrogens (tertiary/aromatic N) is 1. The Morgan fingerprint density at radius 3 is 2.65 bits per heavy atom. The number of aromatic nitrogens is 1. The summed E-state index contributed by atoms with van der Waals surface area (Å²) in [5, 5.41) is 3.92. The highest BCUT2D eigenvalue weighted by atomic mass is 16.5. The van der Waals surface area contributed by atoms with Gasteiger partial charge in [-0.1, -0.05) is 61.7 Å². The molecule has 0 spiro atoms. The lowest BCUT2D eigenvalue weighted by atomic mass is 10.0. The highest BCUT2D eigenvalue weighted by molar-refractivity contribution is 5.60. The van der Waals surface area contributed by atoms with E-state index in [0.29, 0.717) is 0 Å². The SMILES string of the molecule is CCCCCCc1cnoc1-c1ccccc1. The van der Waals surface area contributed by atoms with Gasteiger partial charge in [0.25, 0.3) is 0 Å². The number of hydrogen-bond acceptors (Lipinski definition) is 2. The minimum absolute atomic E-state index is 0.932. The van der Waals surface area contributed by atoms with Gasteiger partial charge in [0.05, 0.1) is 6.20 Å². The standard InChI is InChI=1S/C15H19NO/c1-2-3-4-6-11-14-12-16-17-15(14)13-9-7-5-8-10-13/h5,7-10,12H,2-4,6,11H2,1H3. The Kier molecular flexibility index (Phi) is 4.37. The highest BCUT2D eigenvalue weighted by Gasteiger charge is 2.09. The molecule has 0 aliphatic heterocycles. The predicted molar refractivity (Wildman–Crippen MR) is 69.8 cm³/mol. The summed E-state index contributed by atoms with van der Waals surface area (Å²) in [5.74, 6) is 0.932. The van der Waals surface area contributed by atoms with Gasteiger partial charge in [0, 0.05) is 11.1 Å². The number of hydrogen-bond donors (Lipinski definition) is 0. The fraction of sp³-hybridized carbons (Fsp3) is 0.400. The van der Waals surface area contributed by atoms with E-state index in [0.717, 1.165) is 17.7 Å². The number of rotatable bonds is 6. The Bertz CT molecular complexity index is 433. The zero-order valence-electron chi connectivity index (χ0n) is 10.4. The molecule has 2 rings (SSSR count). The molecular weight excluding hydrogens is 210 g/mol. The van der Waals surface area contributed by atoms with Gasteiger partial charge in [-0.2, -0.15) is 0 Å². The van der Waals surface area contributed by atoms with Crippen LogP contribution in [-0.4, -0.2) is 5.16 Å². The van der Waals surface area contributed by atoms with Crippen LogP contribution in [0, 0.1) is 0 Å². The smallest absolute Gasteiger partial charge is 0.170 e. The third kappa shape index (κ3) is 3.19. The lowest BCUT2D eigenvalue weighted by Gasteiger charge is -2.01. The number of aryl methyl sites for hydroxylation is 1. The van der Waals surface area contributed by atoms with Crippen molar-refractivity contribution < 1.29 is 4.52 Å². The minimum Gasteiger partial charge on any atom is -0.356 e. The van der Waals surface area contributed by atoms with E-state index in [-0.39, 0.29) is 0 Å². The Morgan fingerprint density at radius 2 is 1.88 bits per heavy atom. The van der Waals surface area contributed by atoms with Crippen molar-refractivity contribution in [1.29, 1.82) is 0 Å². The van der Waals surface area contributed by atoms with Gasteiger partial charge in [0.2, 0.25) is 0 Å². The van der Waals surface area contributed by atoms with Gasteiger partial charge >= 0.3 is 0 Å². The van der Waals surface area contributed by atoms with Crippen LogP contribution in [0.4, 0.5) is 0 Å². The number of unbranched alkanes of at least 4 members (excludes halogenated alkanes) is 3. The normalized spacial score (nSPS) is 10.6. The molecule has 2 aromatic rings. The van der Waals surface area contributed by atoms with Crippen LogP contribution in [-0.2, 0) is 6.42 Å². The summed E-state index contributed by atoms with van der Waals surface area (Å²) in [6.45, 7) is 2.23. The molecule has 0 fully saturated rings.